The van der Waals surface area contributed by atoms with E-state index in [-0.39, 0.29) is 6.04 Å². The highest BCUT2D eigenvalue weighted by Crippen LogP contribution is 2.18. The number of likely N-dealkylation sites (tertiary alicyclic amines) is 1. The van der Waals surface area contributed by atoms with Crippen LogP contribution in [0.2, 0.25) is 0 Å². The maximum Gasteiger partial charge on any atom is 0.0991 e. The summed E-state index contributed by atoms with van der Waals surface area (Å²) in [6.45, 7) is 5.24. The Morgan fingerprint density at radius 3 is 2.57 bits per heavy atom. The standard InChI is InChI=1S/C18H27N3O2/c1-14(16-5-3-15(11-19)4-6-16)20-17-7-9-21(10-8-17)12-18(22)13-23-2/h3-6,14,17-18,20,22H,7-10,12-13H2,1-2H3. The van der Waals surface area contributed by atoms with Gasteiger partial charge < -0.3 is 20.1 Å². The molecule has 0 bridgehead atoms. The number of hydrogen-bond acceptors (Lipinski definition) is 5. The zero-order valence-electron chi connectivity index (χ0n) is 14.0. The van der Waals surface area contributed by atoms with Crippen molar-refractivity contribution in [2.24, 2.45) is 0 Å². The summed E-state index contributed by atoms with van der Waals surface area (Å²) in [6.07, 6.45) is 1.77. The van der Waals surface area contributed by atoms with Crippen molar-refractivity contribution in [1.29, 1.82) is 5.26 Å². The summed E-state index contributed by atoms with van der Waals surface area (Å²) in [6, 6.07) is 10.7. The third kappa shape index (κ3) is 5.60. The van der Waals surface area contributed by atoms with E-state index in [0.29, 0.717) is 24.8 Å². The fourth-order valence-corrected chi connectivity index (χ4v) is 3.12. The zero-order valence-corrected chi connectivity index (χ0v) is 14.0. The predicted molar refractivity (Wildman–Crippen MR) is 90.1 cm³/mol. The number of nitriles is 1. The summed E-state index contributed by atoms with van der Waals surface area (Å²) in [7, 11) is 1.61. The molecular formula is C18H27N3O2. The Morgan fingerprint density at radius 1 is 1.35 bits per heavy atom. The molecule has 5 heteroatoms. The number of nitrogens with zero attached hydrogens (tertiary/aromatic N) is 2. The van der Waals surface area contributed by atoms with Gasteiger partial charge in [0.1, 0.15) is 0 Å². The Hall–Kier alpha value is -1.45. The molecule has 2 rings (SSSR count). The Morgan fingerprint density at radius 2 is 2.00 bits per heavy atom. The molecule has 1 saturated heterocycles. The molecule has 2 unspecified atom stereocenters. The van der Waals surface area contributed by atoms with E-state index in [2.05, 4.69) is 23.2 Å². The van der Waals surface area contributed by atoms with Crippen LogP contribution in [-0.2, 0) is 4.74 Å². The highest BCUT2D eigenvalue weighted by atomic mass is 16.5. The van der Waals surface area contributed by atoms with Gasteiger partial charge in [-0.3, -0.25) is 0 Å². The minimum Gasteiger partial charge on any atom is -0.389 e. The van der Waals surface area contributed by atoms with Gasteiger partial charge in [-0.1, -0.05) is 12.1 Å². The van der Waals surface area contributed by atoms with Crippen LogP contribution in [0.1, 0.15) is 36.9 Å². The van der Waals surface area contributed by atoms with Crippen molar-refractivity contribution in [3.05, 3.63) is 35.4 Å². The monoisotopic (exact) mass is 317 g/mol. The van der Waals surface area contributed by atoms with Gasteiger partial charge in [-0.2, -0.15) is 5.26 Å². The molecule has 0 amide bonds. The van der Waals surface area contributed by atoms with Gasteiger partial charge in [0.05, 0.1) is 24.3 Å². The van der Waals surface area contributed by atoms with Gasteiger partial charge in [-0.25, -0.2) is 0 Å². The second-order valence-electron chi connectivity index (χ2n) is 6.31. The van der Waals surface area contributed by atoms with Crippen molar-refractivity contribution in [3.63, 3.8) is 0 Å². The number of hydrogen-bond donors (Lipinski definition) is 2. The van der Waals surface area contributed by atoms with Crippen LogP contribution in [0.15, 0.2) is 24.3 Å². The molecule has 0 aromatic heterocycles. The molecule has 1 aromatic carbocycles. The van der Waals surface area contributed by atoms with Crippen LogP contribution in [0.4, 0.5) is 0 Å². The Balaban J connectivity index is 1.76. The van der Waals surface area contributed by atoms with E-state index in [1.54, 1.807) is 7.11 Å². The van der Waals surface area contributed by atoms with Crippen molar-refractivity contribution in [2.75, 3.05) is 33.4 Å². The number of aliphatic hydroxyl groups is 1. The largest absolute Gasteiger partial charge is 0.389 e. The Kier molecular flexibility index (Phi) is 7.00. The summed E-state index contributed by atoms with van der Waals surface area (Å²) >= 11 is 0. The van der Waals surface area contributed by atoms with E-state index in [4.69, 9.17) is 10.00 Å². The SMILES string of the molecule is COCC(O)CN1CCC(NC(C)c2ccc(C#N)cc2)CC1. The topological polar surface area (TPSA) is 68.5 Å². The number of ether oxygens (including phenoxy) is 1. The van der Waals surface area contributed by atoms with Crippen molar-refractivity contribution in [3.8, 4) is 6.07 Å². The van der Waals surface area contributed by atoms with Crippen LogP contribution in [0.5, 0.6) is 0 Å². The molecule has 0 spiro atoms. The number of piperidine rings is 1. The molecule has 1 fully saturated rings. The van der Waals surface area contributed by atoms with Gasteiger partial charge in [-0.05, 0) is 50.6 Å². The molecule has 1 heterocycles. The molecule has 0 aliphatic carbocycles. The zero-order chi connectivity index (χ0) is 16.7. The summed E-state index contributed by atoms with van der Waals surface area (Å²) in [5.41, 5.74) is 1.91. The lowest BCUT2D eigenvalue weighted by Gasteiger charge is -2.34. The van der Waals surface area contributed by atoms with Crippen molar-refractivity contribution < 1.29 is 9.84 Å². The van der Waals surface area contributed by atoms with Crippen LogP contribution in [0.3, 0.4) is 0 Å². The van der Waals surface area contributed by atoms with E-state index < -0.39 is 6.10 Å². The van der Waals surface area contributed by atoms with E-state index in [9.17, 15) is 5.11 Å². The molecule has 0 saturated carbocycles. The van der Waals surface area contributed by atoms with Gasteiger partial charge >= 0.3 is 0 Å². The number of nitrogens with one attached hydrogen (secondary N) is 1. The summed E-state index contributed by atoms with van der Waals surface area (Å²) in [5.74, 6) is 0. The fraction of sp³-hybridized carbons (Fsp3) is 0.611. The first-order valence-corrected chi connectivity index (χ1v) is 8.28. The maximum atomic E-state index is 9.80. The van der Waals surface area contributed by atoms with Crippen LogP contribution < -0.4 is 5.32 Å². The minimum absolute atomic E-state index is 0.276. The molecule has 1 aliphatic heterocycles. The van der Waals surface area contributed by atoms with E-state index in [1.807, 2.05) is 24.3 Å². The van der Waals surface area contributed by atoms with Crippen molar-refractivity contribution in [2.45, 2.75) is 38.0 Å². The molecule has 2 atom stereocenters. The average molecular weight is 317 g/mol. The summed E-state index contributed by atoms with van der Waals surface area (Å²) in [4.78, 5) is 2.30. The number of β-amino-alcohol motifs (C(OH)–C–C–N with tert-alkyl or cyclic N) is 1. The Labute approximate surface area is 138 Å². The number of methoxy groups -OCH3 is 1. The van der Waals surface area contributed by atoms with E-state index in [0.717, 1.165) is 25.9 Å². The Bertz CT molecular complexity index is 504. The minimum atomic E-state index is -0.401. The third-order valence-electron chi connectivity index (χ3n) is 4.44. The van der Waals surface area contributed by atoms with Crippen LogP contribution in [-0.4, -0.2) is 55.5 Å². The lowest BCUT2D eigenvalue weighted by atomic mass is 10.0. The second-order valence-corrected chi connectivity index (χ2v) is 6.31. The molecular weight excluding hydrogens is 290 g/mol. The van der Waals surface area contributed by atoms with Crippen molar-refractivity contribution >= 4 is 0 Å². The van der Waals surface area contributed by atoms with Gasteiger partial charge in [0.2, 0.25) is 0 Å². The summed E-state index contributed by atoms with van der Waals surface area (Å²) in [5, 5.41) is 22.3. The molecule has 1 aromatic rings. The lowest BCUT2D eigenvalue weighted by molar-refractivity contribution is 0.0308. The number of benzene rings is 1. The van der Waals surface area contributed by atoms with Crippen molar-refractivity contribution in [1.82, 2.24) is 10.2 Å². The molecule has 5 nitrogen and oxygen atoms in total. The molecule has 1 aliphatic rings. The highest BCUT2D eigenvalue weighted by Gasteiger charge is 2.22. The van der Waals surface area contributed by atoms with Gasteiger partial charge in [0.25, 0.3) is 0 Å². The number of rotatable bonds is 7. The normalized spacial score (nSPS) is 19.2. The first-order valence-electron chi connectivity index (χ1n) is 8.28. The summed E-state index contributed by atoms with van der Waals surface area (Å²) < 4.78 is 4.98. The smallest absolute Gasteiger partial charge is 0.0991 e. The average Bonchev–Trinajstić information content (AvgIpc) is 2.57. The number of aliphatic hydroxyl groups excluding tert-OH is 1. The first-order chi connectivity index (χ1) is 11.1. The van der Waals surface area contributed by atoms with Gasteiger partial charge in [0.15, 0.2) is 0 Å². The van der Waals surface area contributed by atoms with Crippen LogP contribution in [0, 0.1) is 11.3 Å². The van der Waals surface area contributed by atoms with Gasteiger partial charge in [0, 0.05) is 25.7 Å². The maximum absolute atomic E-state index is 9.80. The quantitative estimate of drug-likeness (QED) is 0.801. The first kappa shape index (κ1) is 17.9. The van der Waals surface area contributed by atoms with Crippen LogP contribution in [0.25, 0.3) is 0 Å². The highest BCUT2D eigenvalue weighted by molar-refractivity contribution is 5.32. The molecule has 126 valence electrons. The van der Waals surface area contributed by atoms with Gasteiger partial charge in [-0.15, -0.1) is 0 Å². The predicted octanol–water partition coefficient (Wildman–Crippen LogP) is 1.68. The molecule has 0 radical (unpaired) electrons. The lowest BCUT2D eigenvalue weighted by Crippen LogP contribution is -2.46. The van der Waals surface area contributed by atoms with Crippen LogP contribution >= 0.6 is 0 Å². The van der Waals surface area contributed by atoms with E-state index >= 15 is 0 Å². The second kappa shape index (κ2) is 8.99. The molecule has 23 heavy (non-hydrogen) atoms. The molecule has 2 N–H and O–H groups in total. The van der Waals surface area contributed by atoms with E-state index in [1.165, 1.54) is 5.56 Å². The third-order valence-corrected chi connectivity index (χ3v) is 4.44. The fourth-order valence-electron chi connectivity index (χ4n) is 3.12.